The Morgan fingerprint density at radius 1 is 1.07 bits per heavy atom. The highest BCUT2D eigenvalue weighted by Gasteiger charge is 2.21. The highest BCUT2D eigenvalue weighted by atomic mass is 127. The molecule has 2 aromatic carbocycles. The van der Waals surface area contributed by atoms with Gasteiger partial charge in [-0.2, -0.15) is 0 Å². The Hall–Kier alpha value is -2.36. The van der Waals surface area contributed by atoms with Crippen molar-refractivity contribution < 1.29 is 14.9 Å². The second-order valence-electron chi connectivity index (χ2n) is 6.63. The molecule has 1 fully saturated rings. The van der Waals surface area contributed by atoms with Crippen LogP contribution in [0.1, 0.15) is 12.5 Å². The summed E-state index contributed by atoms with van der Waals surface area (Å²) in [6.07, 6.45) is 0. The number of anilines is 1. The van der Waals surface area contributed by atoms with Crippen molar-refractivity contribution in [3.8, 4) is 17.2 Å². The van der Waals surface area contributed by atoms with Crippen LogP contribution in [0.3, 0.4) is 0 Å². The van der Waals surface area contributed by atoms with Crippen LogP contribution in [0.25, 0.3) is 0 Å². The van der Waals surface area contributed by atoms with E-state index >= 15 is 0 Å². The van der Waals surface area contributed by atoms with Gasteiger partial charge in [0.1, 0.15) is 17.2 Å². The Labute approximate surface area is 189 Å². The van der Waals surface area contributed by atoms with Crippen molar-refractivity contribution in [3.63, 3.8) is 0 Å². The van der Waals surface area contributed by atoms with E-state index in [1.54, 1.807) is 31.4 Å². The number of guanidine groups is 1. The van der Waals surface area contributed by atoms with Gasteiger partial charge in [0.2, 0.25) is 0 Å². The van der Waals surface area contributed by atoms with Crippen molar-refractivity contribution in [3.05, 3.63) is 48.0 Å². The molecule has 0 radical (unpaired) electrons. The fourth-order valence-electron chi connectivity index (χ4n) is 3.29. The van der Waals surface area contributed by atoms with Crippen LogP contribution in [0.15, 0.2) is 47.5 Å². The van der Waals surface area contributed by atoms with Crippen molar-refractivity contribution in [1.82, 2.24) is 10.2 Å². The number of ether oxygens (including phenoxy) is 1. The van der Waals surface area contributed by atoms with Gasteiger partial charge < -0.3 is 30.1 Å². The first-order chi connectivity index (χ1) is 13.6. The van der Waals surface area contributed by atoms with Gasteiger partial charge in [-0.15, -0.1) is 24.0 Å². The van der Waals surface area contributed by atoms with Crippen molar-refractivity contribution in [1.29, 1.82) is 0 Å². The molecule has 0 atom stereocenters. The number of hydrogen-bond donors (Lipinski definition) is 3. The standard InChI is InChI=1S/C21H28N4O3.HI/c1-3-22-21(23-15-16-14-17(28-2)8-9-19(16)26)25-12-10-24(11-13-25)18-6-4-5-7-20(18)27;/h4-9,14,26-27H,3,10-13,15H2,1-2H3,(H,22,23);1H. The highest BCUT2D eigenvalue weighted by Crippen LogP contribution is 2.27. The molecule has 0 saturated carbocycles. The summed E-state index contributed by atoms with van der Waals surface area (Å²) in [7, 11) is 1.60. The van der Waals surface area contributed by atoms with Gasteiger partial charge in [-0.25, -0.2) is 4.99 Å². The van der Waals surface area contributed by atoms with E-state index in [1.165, 1.54) is 0 Å². The molecule has 1 saturated heterocycles. The third-order valence-corrected chi connectivity index (χ3v) is 4.82. The van der Waals surface area contributed by atoms with E-state index < -0.39 is 0 Å². The zero-order valence-corrected chi connectivity index (χ0v) is 19.2. The zero-order valence-electron chi connectivity index (χ0n) is 16.8. The summed E-state index contributed by atoms with van der Waals surface area (Å²) >= 11 is 0. The van der Waals surface area contributed by atoms with Crippen molar-refractivity contribution in [2.24, 2.45) is 4.99 Å². The van der Waals surface area contributed by atoms with Gasteiger partial charge in [0.05, 0.1) is 19.3 Å². The van der Waals surface area contributed by atoms with Gasteiger partial charge in [0.15, 0.2) is 5.96 Å². The average Bonchev–Trinajstić information content (AvgIpc) is 2.73. The second kappa shape index (κ2) is 11.0. The molecule has 158 valence electrons. The predicted octanol–water partition coefficient (Wildman–Crippen LogP) is 3.01. The van der Waals surface area contributed by atoms with Crippen molar-refractivity contribution >= 4 is 35.6 Å². The molecule has 1 aliphatic rings. The quantitative estimate of drug-likeness (QED) is 0.325. The van der Waals surface area contributed by atoms with Crippen molar-refractivity contribution in [2.75, 3.05) is 44.7 Å². The second-order valence-corrected chi connectivity index (χ2v) is 6.63. The van der Waals surface area contributed by atoms with E-state index in [-0.39, 0.29) is 29.7 Å². The van der Waals surface area contributed by atoms with Crippen LogP contribution in [0.4, 0.5) is 5.69 Å². The summed E-state index contributed by atoms with van der Waals surface area (Å²) in [5.74, 6) is 2.04. The van der Waals surface area contributed by atoms with Gasteiger partial charge in [0.25, 0.3) is 0 Å². The first-order valence-electron chi connectivity index (χ1n) is 9.54. The SMILES string of the molecule is CCNC(=NCc1cc(OC)ccc1O)N1CCN(c2ccccc2O)CC1.I. The summed E-state index contributed by atoms with van der Waals surface area (Å²) < 4.78 is 5.23. The normalized spacial score (nSPS) is 14.3. The number of phenols is 2. The minimum absolute atomic E-state index is 0. The number of para-hydroxylation sites is 2. The maximum absolute atomic E-state index is 10.1. The first kappa shape index (κ1) is 22.9. The predicted molar refractivity (Wildman–Crippen MR) is 127 cm³/mol. The molecule has 3 N–H and O–H groups in total. The van der Waals surface area contributed by atoms with E-state index in [0.29, 0.717) is 18.0 Å². The third-order valence-electron chi connectivity index (χ3n) is 4.82. The lowest BCUT2D eigenvalue weighted by Crippen LogP contribution is -2.52. The van der Waals surface area contributed by atoms with E-state index in [9.17, 15) is 10.2 Å². The molecule has 8 heteroatoms. The number of aromatic hydroxyl groups is 2. The molecule has 0 aromatic heterocycles. The summed E-state index contributed by atoms with van der Waals surface area (Å²) in [5.41, 5.74) is 1.59. The maximum atomic E-state index is 10.1. The molecule has 0 bridgehead atoms. The Bertz CT molecular complexity index is 823. The van der Waals surface area contributed by atoms with Crippen molar-refractivity contribution in [2.45, 2.75) is 13.5 Å². The summed E-state index contributed by atoms with van der Waals surface area (Å²) in [6, 6.07) is 12.6. The lowest BCUT2D eigenvalue weighted by molar-refractivity contribution is 0.369. The summed E-state index contributed by atoms with van der Waals surface area (Å²) in [6.45, 7) is 6.36. The molecule has 29 heavy (non-hydrogen) atoms. The fourth-order valence-corrected chi connectivity index (χ4v) is 3.29. The number of aliphatic imine (C=N–C) groups is 1. The molecule has 1 heterocycles. The molecule has 2 aromatic rings. The lowest BCUT2D eigenvalue weighted by atomic mass is 10.2. The molecular formula is C21H29IN4O3. The number of benzene rings is 2. The number of methoxy groups -OCH3 is 1. The molecule has 7 nitrogen and oxygen atoms in total. The number of halogens is 1. The van der Waals surface area contributed by atoms with Crippen LogP contribution < -0.4 is 15.0 Å². The minimum atomic E-state index is 0. The third kappa shape index (κ3) is 5.81. The van der Waals surface area contributed by atoms with Gasteiger partial charge >= 0.3 is 0 Å². The molecule has 0 spiro atoms. The Kier molecular flexibility index (Phi) is 8.69. The summed E-state index contributed by atoms with van der Waals surface area (Å²) in [5, 5.41) is 23.5. The number of rotatable bonds is 5. The van der Waals surface area contributed by atoms with E-state index in [1.807, 2.05) is 25.1 Å². The Morgan fingerprint density at radius 2 is 1.79 bits per heavy atom. The average molecular weight is 512 g/mol. The molecule has 0 unspecified atom stereocenters. The van der Waals surface area contributed by atoms with Crippen LogP contribution in [0.2, 0.25) is 0 Å². The van der Waals surface area contributed by atoms with Gasteiger partial charge in [0, 0.05) is 38.3 Å². The smallest absolute Gasteiger partial charge is 0.194 e. The Balaban J connectivity index is 0.00000300. The first-order valence-corrected chi connectivity index (χ1v) is 9.54. The molecule has 3 rings (SSSR count). The largest absolute Gasteiger partial charge is 0.508 e. The zero-order chi connectivity index (χ0) is 19.9. The maximum Gasteiger partial charge on any atom is 0.194 e. The number of nitrogens with one attached hydrogen (secondary N) is 1. The Morgan fingerprint density at radius 3 is 2.45 bits per heavy atom. The molecule has 0 aliphatic carbocycles. The summed E-state index contributed by atoms with van der Waals surface area (Å²) in [4.78, 5) is 9.10. The number of piperazine rings is 1. The van der Waals surface area contributed by atoms with E-state index in [0.717, 1.165) is 49.9 Å². The van der Waals surface area contributed by atoms with Gasteiger partial charge in [-0.05, 0) is 37.3 Å². The van der Waals surface area contributed by atoms with Crippen LogP contribution in [0.5, 0.6) is 17.2 Å². The van der Waals surface area contributed by atoms with Crippen LogP contribution in [0, 0.1) is 0 Å². The highest BCUT2D eigenvalue weighted by molar-refractivity contribution is 14.0. The van der Waals surface area contributed by atoms with Crippen LogP contribution in [-0.4, -0.2) is 60.9 Å². The fraction of sp³-hybridized carbons (Fsp3) is 0.381. The lowest BCUT2D eigenvalue weighted by Gasteiger charge is -2.37. The van der Waals surface area contributed by atoms with Crippen LogP contribution >= 0.6 is 24.0 Å². The molecule has 0 amide bonds. The van der Waals surface area contributed by atoms with Gasteiger partial charge in [-0.1, -0.05) is 12.1 Å². The monoisotopic (exact) mass is 512 g/mol. The minimum Gasteiger partial charge on any atom is -0.508 e. The molecular weight excluding hydrogens is 483 g/mol. The number of phenolic OH excluding ortho intramolecular Hbond substituents is 2. The van der Waals surface area contributed by atoms with Crippen LogP contribution in [-0.2, 0) is 6.54 Å². The number of hydrogen-bond acceptors (Lipinski definition) is 5. The number of nitrogens with zero attached hydrogens (tertiary/aromatic N) is 3. The van der Waals surface area contributed by atoms with E-state index in [4.69, 9.17) is 9.73 Å². The van der Waals surface area contributed by atoms with E-state index in [2.05, 4.69) is 15.1 Å². The molecule has 1 aliphatic heterocycles. The topological polar surface area (TPSA) is 80.6 Å². The van der Waals surface area contributed by atoms with Gasteiger partial charge in [-0.3, -0.25) is 0 Å².